The number of rotatable bonds is 3. The van der Waals surface area contributed by atoms with Crippen molar-refractivity contribution in [3.63, 3.8) is 0 Å². The van der Waals surface area contributed by atoms with Crippen LogP contribution >= 0.6 is 0 Å². The number of halogens is 1. The van der Waals surface area contributed by atoms with E-state index in [0.29, 0.717) is 43.7 Å². The molecule has 1 aliphatic heterocycles. The van der Waals surface area contributed by atoms with Crippen LogP contribution in [0.2, 0.25) is 0 Å². The Morgan fingerprint density at radius 2 is 2.15 bits per heavy atom. The van der Waals surface area contributed by atoms with E-state index in [4.69, 9.17) is 10.8 Å². The van der Waals surface area contributed by atoms with Gasteiger partial charge in [0, 0.05) is 18.8 Å². The highest BCUT2D eigenvalue weighted by atomic mass is 19.1. The predicted molar refractivity (Wildman–Crippen MR) is 74.1 cm³/mol. The van der Waals surface area contributed by atoms with Gasteiger partial charge in [0.2, 0.25) is 0 Å². The van der Waals surface area contributed by atoms with Crippen LogP contribution in [-0.4, -0.2) is 34.9 Å². The van der Waals surface area contributed by atoms with Crippen LogP contribution in [0, 0.1) is 5.82 Å². The van der Waals surface area contributed by atoms with Crippen molar-refractivity contribution < 1.29 is 19.4 Å². The van der Waals surface area contributed by atoms with Gasteiger partial charge in [-0.2, -0.15) is 0 Å². The molecule has 110 valence electrons. The van der Waals surface area contributed by atoms with Crippen molar-refractivity contribution in [3.05, 3.63) is 24.0 Å². The van der Waals surface area contributed by atoms with Gasteiger partial charge in [-0.1, -0.05) is 0 Å². The minimum absolute atomic E-state index is 0.273. The van der Waals surface area contributed by atoms with E-state index in [1.54, 1.807) is 12.1 Å². The van der Waals surface area contributed by atoms with E-state index in [2.05, 4.69) is 0 Å². The molecule has 20 heavy (non-hydrogen) atoms. The first kappa shape index (κ1) is 14.6. The number of carboxylic acid groups (broad SMARTS) is 1. The number of hydrogen-bond donors (Lipinski definition) is 3. The fourth-order valence-electron chi connectivity index (χ4n) is 2.66. The van der Waals surface area contributed by atoms with E-state index >= 15 is 0 Å². The average molecular weight is 282 g/mol. The van der Waals surface area contributed by atoms with E-state index in [0.717, 1.165) is 0 Å². The molecule has 1 fully saturated rings. The molecular weight excluding hydrogens is 263 g/mol. The maximum absolute atomic E-state index is 13.9. The monoisotopic (exact) mass is 282 g/mol. The predicted octanol–water partition coefficient (Wildman–Crippen LogP) is 1.60. The molecule has 0 aliphatic carbocycles. The topological polar surface area (TPSA) is 86.8 Å². The molecule has 2 rings (SSSR count). The van der Waals surface area contributed by atoms with Crippen LogP contribution in [0.1, 0.15) is 25.7 Å². The number of nitrogen functional groups attached to an aromatic ring is 1. The lowest BCUT2D eigenvalue weighted by molar-refractivity contribution is -0.142. The molecule has 1 heterocycles. The number of nitrogens with two attached hydrogens (primary N) is 1. The number of hydrogen-bond acceptors (Lipinski definition) is 4. The second-order valence-electron chi connectivity index (χ2n) is 5.35. The Morgan fingerprint density at radius 1 is 1.40 bits per heavy atom. The van der Waals surface area contributed by atoms with Crippen LogP contribution in [-0.2, 0) is 4.79 Å². The number of carboxylic acids is 1. The Kier molecular flexibility index (Phi) is 4.13. The summed E-state index contributed by atoms with van der Waals surface area (Å²) in [5, 5.41) is 19.1. The van der Waals surface area contributed by atoms with Crippen molar-refractivity contribution in [2.45, 2.75) is 31.3 Å². The molecule has 4 N–H and O–H groups in total. The number of aliphatic hydroxyl groups is 1. The Bertz CT molecular complexity index is 509. The zero-order chi connectivity index (χ0) is 14.8. The Labute approximate surface area is 116 Å². The minimum Gasteiger partial charge on any atom is -0.481 e. The molecule has 1 aliphatic rings. The first-order chi connectivity index (χ1) is 9.39. The lowest BCUT2D eigenvalue weighted by Gasteiger charge is -2.26. The van der Waals surface area contributed by atoms with Crippen molar-refractivity contribution in [3.8, 4) is 0 Å². The number of anilines is 2. The summed E-state index contributed by atoms with van der Waals surface area (Å²) >= 11 is 0. The molecule has 0 spiro atoms. The molecule has 0 aromatic heterocycles. The van der Waals surface area contributed by atoms with Crippen molar-refractivity contribution >= 4 is 17.3 Å². The SMILES string of the molecule is Nc1ccc(N2CCC[C@](O)(CC(=O)O)CC2)c(F)c1. The van der Waals surface area contributed by atoms with E-state index in [-0.39, 0.29) is 6.42 Å². The van der Waals surface area contributed by atoms with Crippen LogP contribution in [0.5, 0.6) is 0 Å². The van der Waals surface area contributed by atoms with Gasteiger partial charge in [-0.15, -0.1) is 0 Å². The summed E-state index contributed by atoms with van der Waals surface area (Å²) in [6, 6.07) is 4.52. The largest absolute Gasteiger partial charge is 0.481 e. The molecule has 0 saturated carbocycles. The smallest absolute Gasteiger partial charge is 0.306 e. The lowest BCUT2D eigenvalue weighted by atomic mass is 9.91. The van der Waals surface area contributed by atoms with Gasteiger partial charge in [0.1, 0.15) is 5.82 Å². The highest BCUT2D eigenvalue weighted by Gasteiger charge is 2.32. The molecule has 0 bridgehead atoms. The third-order valence-corrected chi connectivity index (χ3v) is 3.71. The van der Waals surface area contributed by atoms with Gasteiger partial charge in [0.25, 0.3) is 0 Å². The summed E-state index contributed by atoms with van der Waals surface area (Å²) in [5.41, 5.74) is 5.13. The highest BCUT2D eigenvalue weighted by molar-refractivity contribution is 5.68. The van der Waals surface area contributed by atoms with Crippen molar-refractivity contribution in [1.29, 1.82) is 0 Å². The van der Waals surface area contributed by atoms with Gasteiger partial charge in [0.15, 0.2) is 0 Å². The first-order valence-corrected chi connectivity index (χ1v) is 6.64. The highest BCUT2D eigenvalue weighted by Crippen LogP contribution is 2.30. The van der Waals surface area contributed by atoms with Gasteiger partial charge in [-0.05, 0) is 37.5 Å². The van der Waals surface area contributed by atoms with E-state index in [1.807, 2.05) is 4.90 Å². The summed E-state index contributed by atoms with van der Waals surface area (Å²) < 4.78 is 13.9. The van der Waals surface area contributed by atoms with Crippen LogP contribution in [0.25, 0.3) is 0 Å². The third-order valence-electron chi connectivity index (χ3n) is 3.71. The molecule has 0 unspecified atom stereocenters. The second-order valence-corrected chi connectivity index (χ2v) is 5.35. The maximum atomic E-state index is 13.9. The lowest BCUT2D eigenvalue weighted by Crippen LogP contribution is -2.33. The summed E-state index contributed by atoms with van der Waals surface area (Å²) in [6.45, 7) is 1.01. The average Bonchev–Trinajstić information content (AvgIpc) is 2.50. The molecule has 0 amide bonds. The molecule has 1 aromatic rings. The van der Waals surface area contributed by atoms with Crippen LogP contribution in [0.3, 0.4) is 0 Å². The Morgan fingerprint density at radius 3 is 2.80 bits per heavy atom. The molecule has 6 heteroatoms. The molecule has 5 nitrogen and oxygen atoms in total. The molecule has 1 aromatic carbocycles. The fraction of sp³-hybridized carbons (Fsp3) is 0.500. The molecule has 0 radical (unpaired) electrons. The number of carbonyl (C=O) groups is 1. The van der Waals surface area contributed by atoms with Crippen LogP contribution in [0.15, 0.2) is 18.2 Å². The van der Waals surface area contributed by atoms with Gasteiger partial charge < -0.3 is 20.8 Å². The van der Waals surface area contributed by atoms with Crippen LogP contribution in [0.4, 0.5) is 15.8 Å². The Balaban J connectivity index is 2.11. The molecular formula is C14H19FN2O3. The zero-order valence-electron chi connectivity index (χ0n) is 11.2. The normalized spacial score (nSPS) is 23.4. The summed E-state index contributed by atoms with van der Waals surface area (Å²) in [6.07, 6.45) is 1.06. The van der Waals surface area contributed by atoms with Crippen molar-refractivity contribution in [2.24, 2.45) is 0 Å². The summed E-state index contributed by atoms with van der Waals surface area (Å²) in [5.74, 6) is -1.41. The van der Waals surface area contributed by atoms with Crippen LogP contribution < -0.4 is 10.6 Å². The van der Waals surface area contributed by atoms with Crippen molar-refractivity contribution in [2.75, 3.05) is 23.7 Å². The number of aliphatic carboxylic acids is 1. The number of nitrogens with zero attached hydrogens (tertiary/aromatic N) is 1. The van der Waals surface area contributed by atoms with Gasteiger partial charge in [-0.25, -0.2) is 4.39 Å². The van der Waals surface area contributed by atoms with Crippen molar-refractivity contribution in [1.82, 2.24) is 0 Å². The second kappa shape index (κ2) is 5.66. The van der Waals surface area contributed by atoms with E-state index in [1.165, 1.54) is 6.07 Å². The van der Waals surface area contributed by atoms with Gasteiger partial charge in [0.05, 0.1) is 17.7 Å². The minimum atomic E-state index is -1.20. The summed E-state index contributed by atoms with van der Waals surface area (Å²) in [7, 11) is 0. The Hall–Kier alpha value is -1.82. The van der Waals surface area contributed by atoms with E-state index < -0.39 is 17.4 Å². The zero-order valence-corrected chi connectivity index (χ0v) is 11.2. The van der Waals surface area contributed by atoms with E-state index in [9.17, 15) is 14.3 Å². The third kappa shape index (κ3) is 3.39. The standard InChI is InChI=1S/C14H19FN2O3/c15-11-8-10(16)2-3-12(11)17-6-1-4-14(20,5-7-17)9-13(18)19/h2-3,8,20H,1,4-7,9,16H2,(H,18,19)/t14-/m1/s1. The summed E-state index contributed by atoms with van der Waals surface area (Å²) in [4.78, 5) is 12.6. The van der Waals surface area contributed by atoms with Gasteiger partial charge >= 0.3 is 5.97 Å². The van der Waals surface area contributed by atoms with Gasteiger partial charge in [-0.3, -0.25) is 4.79 Å². The fourth-order valence-corrected chi connectivity index (χ4v) is 2.66. The molecule has 1 atom stereocenters. The number of benzene rings is 1. The maximum Gasteiger partial charge on any atom is 0.306 e. The quantitative estimate of drug-likeness (QED) is 0.733. The molecule has 1 saturated heterocycles. The first-order valence-electron chi connectivity index (χ1n) is 6.64.